The fourth-order valence-electron chi connectivity index (χ4n) is 3.91. The Hall–Kier alpha value is -2.90. The smallest absolute Gasteiger partial charge is 0.330 e. The number of nitrogens with two attached hydrogens (primary N) is 1. The van der Waals surface area contributed by atoms with E-state index >= 15 is 0 Å². The first-order valence-electron chi connectivity index (χ1n) is 9.46. The third-order valence-corrected chi connectivity index (χ3v) is 5.44. The number of para-hydroxylation sites is 1. The number of benzene rings is 1. The quantitative estimate of drug-likeness (QED) is 0.762. The van der Waals surface area contributed by atoms with Crippen molar-refractivity contribution >= 4 is 29.4 Å². The van der Waals surface area contributed by atoms with Crippen LogP contribution >= 0.6 is 0 Å². The van der Waals surface area contributed by atoms with E-state index in [1.165, 1.54) is 18.7 Å². The maximum atomic E-state index is 12.7. The van der Waals surface area contributed by atoms with Crippen molar-refractivity contribution in [2.75, 3.05) is 18.0 Å². The number of esters is 1. The van der Waals surface area contributed by atoms with Crippen molar-refractivity contribution in [2.45, 2.75) is 45.3 Å². The number of fused-ring (bicyclic) bond motifs is 1. The molecule has 2 N–H and O–H groups in total. The van der Waals surface area contributed by atoms with Gasteiger partial charge in [-0.15, -0.1) is 0 Å². The summed E-state index contributed by atoms with van der Waals surface area (Å²) in [6.45, 7) is 3.74. The molecule has 1 saturated heterocycles. The van der Waals surface area contributed by atoms with Crippen LogP contribution in [0.4, 0.5) is 5.69 Å². The Kier molecular flexibility index (Phi) is 5.67. The molecule has 1 aromatic carbocycles. The van der Waals surface area contributed by atoms with Gasteiger partial charge < -0.3 is 15.4 Å². The molecule has 8 heteroatoms. The minimum Gasteiger partial charge on any atom is -0.451 e. The van der Waals surface area contributed by atoms with Crippen LogP contribution in [-0.2, 0) is 30.3 Å². The van der Waals surface area contributed by atoms with E-state index in [1.807, 2.05) is 18.2 Å². The molecule has 0 spiro atoms. The number of hydrogen-bond donors (Lipinski definition) is 1. The first-order valence-corrected chi connectivity index (χ1v) is 9.46. The summed E-state index contributed by atoms with van der Waals surface area (Å²) in [4.78, 5) is 51.7. The zero-order valence-electron chi connectivity index (χ0n) is 16.1. The number of hydrogen-bond acceptors (Lipinski definition) is 5. The maximum Gasteiger partial charge on any atom is 0.330 e. The molecule has 2 atom stereocenters. The molecule has 0 saturated carbocycles. The minimum atomic E-state index is -0.963. The van der Waals surface area contributed by atoms with Crippen LogP contribution in [-0.4, -0.2) is 53.8 Å². The van der Waals surface area contributed by atoms with Crippen molar-refractivity contribution in [3.63, 3.8) is 0 Å². The topological polar surface area (TPSA) is 110 Å². The van der Waals surface area contributed by atoms with Crippen molar-refractivity contribution in [3.05, 3.63) is 29.8 Å². The zero-order chi connectivity index (χ0) is 20.4. The van der Waals surface area contributed by atoms with Gasteiger partial charge in [-0.25, -0.2) is 4.79 Å². The van der Waals surface area contributed by atoms with E-state index in [-0.39, 0.29) is 23.6 Å². The van der Waals surface area contributed by atoms with Crippen LogP contribution in [0.3, 0.4) is 0 Å². The third kappa shape index (κ3) is 3.85. The molecule has 0 aromatic heterocycles. The van der Waals surface area contributed by atoms with Gasteiger partial charge in [0, 0.05) is 38.0 Å². The summed E-state index contributed by atoms with van der Waals surface area (Å²) in [6.07, 6.45) is 0.421. The van der Waals surface area contributed by atoms with Crippen LogP contribution in [0, 0.1) is 5.92 Å². The van der Waals surface area contributed by atoms with E-state index in [2.05, 4.69) is 0 Å². The van der Waals surface area contributed by atoms with Crippen molar-refractivity contribution in [3.8, 4) is 0 Å². The molecule has 150 valence electrons. The molecule has 1 aromatic rings. The average Bonchev–Trinajstić information content (AvgIpc) is 3.07. The molecule has 2 aliphatic rings. The first kappa shape index (κ1) is 19.9. The molecule has 8 nitrogen and oxygen atoms in total. The van der Waals surface area contributed by atoms with Crippen molar-refractivity contribution in [2.24, 2.45) is 11.7 Å². The summed E-state index contributed by atoms with van der Waals surface area (Å²) in [5.74, 6) is -1.72. The van der Waals surface area contributed by atoms with Gasteiger partial charge in [0.15, 0.2) is 6.10 Å². The minimum absolute atomic E-state index is 0.219. The molecule has 3 rings (SSSR count). The fourth-order valence-corrected chi connectivity index (χ4v) is 3.91. The van der Waals surface area contributed by atoms with Gasteiger partial charge in [-0.05, 0) is 31.4 Å². The highest BCUT2D eigenvalue weighted by Gasteiger charge is 2.39. The van der Waals surface area contributed by atoms with Gasteiger partial charge in [-0.1, -0.05) is 18.2 Å². The second kappa shape index (κ2) is 8.00. The first-order chi connectivity index (χ1) is 13.3. The van der Waals surface area contributed by atoms with E-state index in [9.17, 15) is 19.2 Å². The number of carbonyl (C=O) groups excluding carboxylic acids is 4. The standard InChI is InChI=1S/C20H25N3O5/c1-12(19(26)22-9-7-14(8-10-22)18(21)25)28-20(27)17-11-15-5-3-4-6-16(15)23(17)13(2)24/h3-6,12,14,17H,7-11H2,1-2H3,(H2,21,25)/t12?,17-/m1/s1. The Bertz CT molecular complexity index is 801. The highest BCUT2D eigenvalue weighted by molar-refractivity contribution is 6.01. The maximum absolute atomic E-state index is 12.7. The predicted molar refractivity (Wildman–Crippen MR) is 101 cm³/mol. The number of anilines is 1. The molecule has 2 heterocycles. The number of primary amides is 1. The van der Waals surface area contributed by atoms with E-state index in [0.29, 0.717) is 38.0 Å². The van der Waals surface area contributed by atoms with Gasteiger partial charge >= 0.3 is 5.97 Å². The summed E-state index contributed by atoms with van der Waals surface area (Å²) in [6, 6.07) is 6.56. The summed E-state index contributed by atoms with van der Waals surface area (Å²) in [5, 5.41) is 0. The highest BCUT2D eigenvalue weighted by atomic mass is 16.5. The molecule has 28 heavy (non-hydrogen) atoms. The lowest BCUT2D eigenvalue weighted by Crippen LogP contribution is -2.48. The number of piperidine rings is 1. The Morgan fingerprint density at radius 3 is 2.39 bits per heavy atom. The normalized spacial score (nSPS) is 20.4. The molecule has 0 bridgehead atoms. The van der Waals surface area contributed by atoms with E-state index < -0.39 is 18.1 Å². The SMILES string of the molecule is CC(=O)N1c2ccccc2C[C@@H]1C(=O)OC(C)C(=O)N1CCC(C(N)=O)CC1. The van der Waals surface area contributed by atoms with Gasteiger partial charge in [0.1, 0.15) is 6.04 Å². The summed E-state index contributed by atoms with van der Waals surface area (Å²) in [7, 11) is 0. The highest BCUT2D eigenvalue weighted by Crippen LogP contribution is 2.32. The predicted octanol–water partition coefficient (Wildman–Crippen LogP) is 0.620. The third-order valence-electron chi connectivity index (χ3n) is 5.44. The number of ether oxygens (including phenoxy) is 1. The van der Waals surface area contributed by atoms with Crippen molar-refractivity contribution in [1.82, 2.24) is 4.90 Å². The van der Waals surface area contributed by atoms with Gasteiger partial charge in [0.2, 0.25) is 11.8 Å². The lowest BCUT2D eigenvalue weighted by atomic mass is 9.96. The number of carbonyl (C=O) groups is 4. The van der Waals surface area contributed by atoms with Gasteiger partial charge in [0.25, 0.3) is 5.91 Å². The van der Waals surface area contributed by atoms with Crippen LogP contribution < -0.4 is 10.6 Å². The molecule has 2 aliphatic heterocycles. The zero-order valence-corrected chi connectivity index (χ0v) is 16.1. The number of rotatable bonds is 4. The fraction of sp³-hybridized carbons (Fsp3) is 0.500. The molecule has 0 aliphatic carbocycles. The average molecular weight is 387 g/mol. The van der Waals surface area contributed by atoms with Crippen LogP contribution in [0.1, 0.15) is 32.3 Å². The molecule has 1 fully saturated rings. The van der Waals surface area contributed by atoms with Crippen molar-refractivity contribution in [1.29, 1.82) is 0 Å². The Balaban J connectivity index is 1.62. The van der Waals surface area contributed by atoms with Crippen molar-refractivity contribution < 1.29 is 23.9 Å². The summed E-state index contributed by atoms with van der Waals surface area (Å²) in [5.41, 5.74) is 6.91. The number of amides is 3. The second-order valence-electron chi connectivity index (χ2n) is 7.32. The molecule has 3 amide bonds. The number of nitrogens with zero attached hydrogens (tertiary/aromatic N) is 2. The van der Waals surface area contributed by atoms with Crippen LogP contribution in [0.25, 0.3) is 0 Å². The molecule has 0 radical (unpaired) electrons. The monoisotopic (exact) mass is 387 g/mol. The lowest BCUT2D eigenvalue weighted by molar-refractivity contribution is -0.161. The van der Waals surface area contributed by atoms with E-state index in [1.54, 1.807) is 11.0 Å². The summed E-state index contributed by atoms with van der Waals surface area (Å²) >= 11 is 0. The Morgan fingerprint density at radius 1 is 1.14 bits per heavy atom. The van der Waals surface area contributed by atoms with Crippen LogP contribution in [0.5, 0.6) is 0 Å². The van der Waals surface area contributed by atoms with Crippen LogP contribution in [0.2, 0.25) is 0 Å². The lowest BCUT2D eigenvalue weighted by Gasteiger charge is -2.32. The Morgan fingerprint density at radius 2 is 1.79 bits per heavy atom. The molecular formula is C20H25N3O5. The van der Waals surface area contributed by atoms with E-state index in [4.69, 9.17) is 10.5 Å². The largest absolute Gasteiger partial charge is 0.451 e. The Labute approximate surface area is 163 Å². The van der Waals surface area contributed by atoms with Gasteiger partial charge in [-0.2, -0.15) is 0 Å². The second-order valence-corrected chi connectivity index (χ2v) is 7.32. The van der Waals surface area contributed by atoms with Crippen LogP contribution in [0.15, 0.2) is 24.3 Å². The van der Waals surface area contributed by atoms with E-state index in [0.717, 1.165) is 5.56 Å². The van der Waals surface area contributed by atoms with Gasteiger partial charge in [-0.3, -0.25) is 19.3 Å². The molecular weight excluding hydrogens is 362 g/mol. The number of likely N-dealkylation sites (tertiary alicyclic amines) is 1. The summed E-state index contributed by atoms with van der Waals surface area (Å²) < 4.78 is 5.42. The molecule has 1 unspecified atom stereocenters. The van der Waals surface area contributed by atoms with Gasteiger partial charge in [0.05, 0.1) is 0 Å².